The molecule has 0 saturated carbocycles. The van der Waals surface area contributed by atoms with Gasteiger partial charge >= 0.3 is 0 Å². The first-order valence-electron chi connectivity index (χ1n) is 9.81. The maximum absolute atomic E-state index is 13.3. The Labute approximate surface area is 195 Å². The number of carbonyl (C=O) groups excluding carboxylic acids is 2. The molecule has 0 saturated heterocycles. The summed E-state index contributed by atoms with van der Waals surface area (Å²) in [6.07, 6.45) is 0. The molecule has 0 bridgehead atoms. The second-order valence-electron chi connectivity index (χ2n) is 7.46. The molecule has 1 amide bonds. The molecule has 3 heterocycles. The Morgan fingerprint density at radius 3 is 2.61 bits per heavy atom. The summed E-state index contributed by atoms with van der Waals surface area (Å²) in [5.74, 6) is -1.86. The van der Waals surface area contributed by atoms with Crippen LogP contribution in [0, 0.1) is 17.0 Å². The van der Waals surface area contributed by atoms with E-state index in [4.69, 9.17) is 0 Å². The molecular weight excluding hydrogens is 462 g/mol. The number of hydrogen-bond acceptors (Lipinski definition) is 8. The lowest BCUT2D eigenvalue weighted by Gasteiger charge is -2.24. The maximum Gasteiger partial charge on any atom is 0.296 e. The maximum atomic E-state index is 13.3. The Morgan fingerprint density at radius 1 is 1.18 bits per heavy atom. The van der Waals surface area contributed by atoms with Crippen LogP contribution in [0.2, 0.25) is 0 Å². The summed E-state index contributed by atoms with van der Waals surface area (Å²) in [6.45, 7) is 1.95. The van der Waals surface area contributed by atoms with Crippen molar-refractivity contribution in [3.8, 4) is 0 Å². The number of Topliss-reactive ketones (excluding diaryl/α,β-unsaturated/α-hetero) is 1. The second-order valence-corrected chi connectivity index (χ2v) is 9.42. The number of anilines is 1. The number of nitro groups is 1. The number of non-ortho nitro benzene ring substituents is 1. The predicted octanol–water partition coefficient (Wildman–Crippen LogP) is 5.36. The number of ketones is 1. The number of nitro benzene ring substituents is 1. The highest BCUT2D eigenvalue weighted by atomic mass is 32.1. The highest BCUT2D eigenvalue weighted by molar-refractivity contribution is 7.22. The van der Waals surface area contributed by atoms with Crippen LogP contribution < -0.4 is 4.90 Å². The number of fused-ring (bicyclic) bond motifs is 1. The van der Waals surface area contributed by atoms with Gasteiger partial charge in [0, 0.05) is 12.1 Å². The molecule has 0 unspecified atom stereocenters. The van der Waals surface area contributed by atoms with Crippen LogP contribution in [0.25, 0.3) is 10.2 Å². The molecule has 0 aliphatic carbocycles. The number of thiophene rings is 1. The molecule has 1 aliphatic rings. The molecule has 0 spiro atoms. The smallest absolute Gasteiger partial charge is 0.296 e. The molecule has 2 aromatic carbocycles. The van der Waals surface area contributed by atoms with Crippen molar-refractivity contribution in [2.45, 2.75) is 13.0 Å². The van der Waals surface area contributed by atoms with Crippen molar-refractivity contribution in [2.24, 2.45) is 0 Å². The van der Waals surface area contributed by atoms with Gasteiger partial charge < -0.3 is 5.11 Å². The lowest BCUT2D eigenvalue weighted by Crippen LogP contribution is -2.30. The molecule has 8 nitrogen and oxygen atoms in total. The average Bonchev–Trinajstić information content (AvgIpc) is 3.52. The molecule has 0 radical (unpaired) electrons. The summed E-state index contributed by atoms with van der Waals surface area (Å²) < 4.78 is 0.859. The van der Waals surface area contributed by atoms with Gasteiger partial charge in [-0.05, 0) is 53.8 Å². The van der Waals surface area contributed by atoms with Gasteiger partial charge in [-0.25, -0.2) is 4.98 Å². The third kappa shape index (κ3) is 3.49. The van der Waals surface area contributed by atoms with Crippen LogP contribution >= 0.6 is 22.7 Å². The first kappa shape index (κ1) is 21.0. The minimum absolute atomic E-state index is 0.0771. The van der Waals surface area contributed by atoms with E-state index in [0.29, 0.717) is 21.1 Å². The number of amides is 1. The standard InChI is InChI=1S/C23H15N3O5S2/c1-12-4-9-15-17(11-12)33-23(24-15)25-19(13-5-7-14(8-6-13)26(30)31)18(21(28)22(25)29)20(27)16-3-2-10-32-16/h2-11,19,28H,1H3/t19-/m1/s1. The third-order valence-electron chi connectivity index (χ3n) is 5.36. The molecule has 5 rings (SSSR count). The Bertz CT molecular complexity index is 1460. The van der Waals surface area contributed by atoms with Gasteiger partial charge in [-0.2, -0.15) is 0 Å². The predicted molar refractivity (Wildman–Crippen MR) is 126 cm³/mol. The first-order valence-corrected chi connectivity index (χ1v) is 11.5. The zero-order valence-corrected chi connectivity index (χ0v) is 18.7. The number of aryl methyl sites for hydroxylation is 1. The SMILES string of the molecule is Cc1ccc2nc(N3C(=O)C(O)=C(C(=O)c4cccs4)[C@H]3c3ccc([N+](=O)[O-])cc3)sc2c1. The third-order valence-corrected chi connectivity index (χ3v) is 7.24. The van der Waals surface area contributed by atoms with E-state index in [2.05, 4.69) is 4.98 Å². The van der Waals surface area contributed by atoms with Gasteiger partial charge in [0.25, 0.3) is 11.6 Å². The van der Waals surface area contributed by atoms with Gasteiger partial charge in [-0.15, -0.1) is 11.3 Å². The minimum atomic E-state index is -0.977. The highest BCUT2D eigenvalue weighted by Gasteiger charge is 2.46. The number of aliphatic hydroxyl groups excluding tert-OH is 1. The molecule has 1 atom stereocenters. The first-order chi connectivity index (χ1) is 15.8. The monoisotopic (exact) mass is 477 g/mol. The van der Waals surface area contributed by atoms with Gasteiger partial charge in [-0.3, -0.25) is 24.6 Å². The zero-order chi connectivity index (χ0) is 23.3. The number of rotatable bonds is 5. The summed E-state index contributed by atoms with van der Waals surface area (Å²) in [6, 6.07) is 13.6. The highest BCUT2D eigenvalue weighted by Crippen LogP contribution is 2.44. The van der Waals surface area contributed by atoms with Crippen LogP contribution in [0.3, 0.4) is 0 Å². The van der Waals surface area contributed by atoms with Crippen molar-refractivity contribution < 1.29 is 19.6 Å². The van der Waals surface area contributed by atoms with Crippen LogP contribution in [-0.2, 0) is 4.79 Å². The molecule has 164 valence electrons. The van der Waals surface area contributed by atoms with Crippen molar-refractivity contribution in [1.82, 2.24) is 4.98 Å². The van der Waals surface area contributed by atoms with Gasteiger partial charge in [-0.1, -0.05) is 23.5 Å². The Hall–Kier alpha value is -3.89. The zero-order valence-electron chi connectivity index (χ0n) is 17.1. The van der Waals surface area contributed by atoms with E-state index in [1.54, 1.807) is 17.5 Å². The lowest BCUT2D eigenvalue weighted by molar-refractivity contribution is -0.384. The van der Waals surface area contributed by atoms with E-state index < -0.39 is 28.4 Å². The van der Waals surface area contributed by atoms with Crippen LogP contribution in [0.15, 0.2) is 71.3 Å². The summed E-state index contributed by atoms with van der Waals surface area (Å²) >= 11 is 2.47. The number of thiazole rings is 1. The minimum Gasteiger partial charge on any atom is -0.503 e. The largest absolute Gasteiger partial charge is 0.503 e. The number of aromatic nitrogens is 1. The van der Waals surface area contributed by atoms with Gasteiger partial charge in [0.05, 0.1) is 31.6 Å². The molecule has 33 heavy (non-hydrogen) atoms. The molecule has 2 aromatic heterocycles. The topological polar surface area (TPSA) is 114 Å². The van der Waals surface area contributed by atoms with Crippen molar-refractivity contribution in [3.63, 3.8) is 0 Å². The van der Waals surface area contributed by atoms with Crippen LogP contribution in [0.1, 0.15) is 26.8 Å². The number of aliphatic hydroxyl groups is 1. The van der Waals surface area contributed by atoms with Crippen molar-refractivity contribution in [2.75, 3.05) is 4.90 Å². The fourth-order valence-electron chi connectivity index (χ4n) is 3.79. The lowest BCUT2D eigenvalue weighted by atomic mass is 9.95. The second kappa shape index (κ2) is 7.91. The number of benzene rings is 2. The Morgan fingerprint density at radius 2 is 1.94 bits per heavy atom. The summed E-state index contributed by atoms with van der Waals surface area (Å²) in [4.78, 5) is 43.3. The van der Waals surface area contributed by atoms with Gasteiger partial charge in [0.2, 0.25) is 5.78 Å². The quantitative estimate of drug-likeness (QED) is 0.235. The summed E-state index contributed by atoms with van der Waals surface area (Å²) in [5.41, 5.74) is 1.98. The van der Waals surface area contributed by atoms with Crippen molar-refractivity contribution in [3.05, 3.63) is 97.4 Å². The fourth-order valence-corrected chi connectivity index (χ4v) is 5.56. The van der Waals surface area contributed by atoms with Crippen LogP contribution in [0.4, 0.5) is 10.8 Å². The van der Waals surface area contributed by atoms with E-state index in [-0.39, 0.29) is 11.3 Å². The summed E-state index contributed by atoms with van der Waals surface area (Å²) in [5, 5.41) is 24.0. The molecule has 1 N–H and O–H groups in total. The van der Waals surface area contributed by atoms with Crippen molar-refractivity contribution >= 4 is 55.4 Å². The Kier molecular flexibility index (Phi) is 5.03. The molecule has 0 fully saturated rings. The molecule has 1 aliphatic heterocycles. The van der Waals surface area contributed by atoms with E-state index >= 15 is 0 Å². The van der Waals surface area contributed by atoms with E-state index in [0.717, 1.165) is 10.3 Å². The average molecular weight is 478 g/mol. The van der Waals surface area contributed by atoms with Crippen LogP contribution in [0.5, 0.6) is 0 Å². The molecule has 4 aromatic rings. The fraction of sp³-hybridized carbons (Fsp3) is 0.0870. The number of nitrogens with zero attached hydrogens (tertiary/aromatic N) is 3. The Balaban J connectivity index is 1.67. The number of carbonyl (C=O) groups is 2. The van der Waals surface area contributed by atoms with Gasteiger partial charge in [0.1, 0.15) is 0 Å². The summed E-state index contributed by atoms with van der Waals surface area (Å²) in [7, 11) is 0. The van der Waals surface area contributed by atoms with E-state index in [1.165, 1.54) is 51.8 Å². The van der Waals surface area contributed by atoms with Gasteiger partial charge in [0.15, 0.2) is 10.9 Å². The van der Waals surface area contributed by atoms with Crippen LogP contribution in [-0.4, -0.2) is 26.7 Å². The molecule has 10 heteroatoms. The van der Waals surface area contributed by atoms with Crippen molar-refractivity contribution in [1.29, 1.82) is 0 Å². The normalized spacial score (nSPS) is 16.1. The van der Waals surface area contributed by atoms with E-state index in [1.807, 2.05) is 25.1 Å². The van der Waals surface area contributed by atoms with E-state index in [9.17, 15) is 24.8 Å². The molecular formula is C23H15N3O5S2. The number of hydrogen-bond donors (Lipinski definition) is 1.